The second-order valence-electron chi connectivity index (χ2n) is 1.86. The van der Waals surface area contributed by atoms with Crippen molar-refractivity contribution in [2.24, 2.45) is 0 Å². The lowest BCUT2D eigenvalue weighted by Gasteiger charge is -1.86. The van der Waals surface area contributed by atoms with E-state index in [0.29, 0.717) is 0 Å². The molecule has 0 aliphatic heterocycles. The van der Waals surface area contributed by atoms with Gasteiger partial charge in [-0.2, -0.15) is 0 Å². The summed E-state index contributed by atoms with van der Waals surface area (Å²) in [5.74, 6) is 0. The Labute approximate surface area is 96.6 Å². The Morgan fingerprint density at radius 2 is 1.38 bits per heavy atom. The van der Waals surface area contributed by atoms with Crippen LogP contribution in [-0.2, 0) is 4.79 Å². The molecule has 0 fully saturated rings. The Morgan fingerprint density at radius 3 is 1.54 bits per heavy atom. The zero-order valence-electron chi connectivity index (χ0n) is 6.34. The average Bonchev–Trinajstić information content (AvgIpc) is 2.11. The number of carbonyl (C=O) groups excluding carboxylic acids is 1. The first-order chi connectivity index (χ1) is 6.06. The van der Waals surface area contributed by atoms with Crippen molar-refractivity contribution >= 4 is 57.6 Å². The fourth-order valence-electron chi connectivity index (χ4n) is 0.430. The van der Waals surface area contributed by atoms with Crippen LogP contribution in [0.1, 0.15) is 0 Å². The molecule has 0 radical (unpaired) electrons. The maximum atomic E-state index is 9.42. The van der Waals surface area contributed by atoms with Gasteiger partial charge in [-0.25, -0.2) is 0 Å². The van der Waals surface area contributed by atoms with E-state index in [4.69, 9.17) is 23.2 Å². The van der Waals surface area contributed by atoms with E-state index < -0.39 is 5.24 Å². The molecule has 5 heteroatoms. The molecule has 0 bridgehead atoms. The van der Waals surface area contributed by atoms with E-state index in [0.717, 1.165) is 15.4 Å². The first kappa shape index (κ1) is 12.8. The molecule has 1 aromatic rings. The van der Waals surface area contributed by atoms with Gasteiger partial charge in [0, 0.05) is 10.0 Å². The van der Waals surface area contributed by atoms with Gasteiger partial charge in [0.05, 0.1) is 5.37 Å². The molecule has 0 aromatic heterocycles. The van der Waals surface area contributed by atoms with Crippen LogP contribution >= 0.6 is 47.0 Å². The van der Waals surface area contributed by atoms with Crippen molar-refractivity contribution in [1.29, 1.82) is 0 Å². The highest BCUT2D eigenvalue weighted by Crippen LogP contribution is 2.12. The van der Waals surface area contributed by atoms with Crippen LogP contribution in [0.3, 0.4) is 0 Å². The van der Waals surface area contributed by atoms with Gasteiger partial charge in [-0.05, 0) is 35.9 Å². The summed E-state index contributed by atoms with van der Waals surface area (Å²) in [6.45, 7) is 0. The molecular formula is C8H5Cl3OS. The molecule has 0 atom stereocenters. The van der Waals surface area contributed by atoms with Gasteiger partial charge in [0.25, 0.3) is 5.24 Å². The van der Waals surface area contributed by atoms with Gasteiger partial charge in [-0.3, -0.25) is 4.79 Å². The van der Waals surface area contributed by atoms with Crippen LogP contribution in [0.5, 0.6) is 0 Å². The van der Waals surface area contributed by atoms with Gasteiger partial charge >= 0.3 is 0 Å². The third-order valence-electron chi connectivity index (χ3n) is 0.896. The minimum absolute atomic E-state index is 0.583. The van der Waals surface area contributed by atoms with Crippen molar-refractivity contribution in [3.05, 3.63) is 34.3 Å². The van der Waals surface area contributed by atoms with Crippen LogP contribution in [0, 0.1) is 0 Å². The van der Waals surface area contributed by atoms with Crippen molar-refractivity contribution < 1.29 is 4.79 Å². The maximum Gasteiger partial charge on any atom is 0.255 e. The van der Waals surface area contributed by atoms with Gasteiger partial charge < -0.3 is 0 Å². The predicted molar refractivity (Wildman–Crippen MR) is 61.0 cm³/mol. The molecule has 0 aliphatic carbocycles. The first-order valence-electron chi connectivity index (χ1n) is 3.12. The molecule has 0 amide bonds. The van der Waals surface area contributed by atoms with Crippen LogP contribution in [-0.4, -0.2) is 10.6 Å². The second kappa shape index (κ2) is 7.27. The van der Waals surface area contributed by atoms with Crippen molar-refractivity contribution in [2.75, 3.05) is 0 Å². The largest absolute Gasteiger partial charge is 0.275 e. The Morgan fingerprint density at radius 1 is 1.15 bits per heavy atom. The lowest BCUT2D eigenvalue weighted by molar-refractivity contribution is -0.105. The molecule has 1 rings (SSSR count). The van der Waals surface area contributed by atoms with E-state index in [1.807, 2.05) is 0 Å². The minimum Gasteiger partial charge on any atom is -0.275 e. The third kappa shape index (κ3) is 8.19. The number of halogens is 3. The van der Waals surface area contributed by atoms with Crippen LogP contribution in [0.4, 0.5) is 0 Å². The highest BCUT2D eigenvalue weighted by atomic mass is 35.5. The Bertz CT molecular complexity index is 263. The van der Waals surface area contributed by atoms with Gasteiger partial charge in [0.15, 0.2) is 0 Å². The smallest absolute Gasteiger partial charge is 0.255 e. The Balaban J connectivity index is 0.000000252. The summed E-state index contributed by atoms with van der Waals surface area (Å²) in [4.78, 5) is 9.42. The number of hydrogen-bond donors (Lipinski definition) is 0. The summed E-state index contributed by atoms with van der Waals surface area (Å²) in [5.41, 5.74) is 0. The Kier molecular flexibility index (Phi) is 7.19. The number of carbonyl (C=O) groups is 1. The molecule has 0 saturated carbocycles. The van der Waals surface area contributed by atoms with Crippen molar-refractivity contribution in [3.8, 4) is 0 Å². The number of thiocarbonyl (C=S) groups is 1. The summed E-state index contributed by atoms with van der Waals surface area (Å²) in [6.07, 6.45) is 0. The quantitative estimate of drug-likeness (QED) is 0.562. The zero-order chi connectivity index (χ0) is 10.3. The lowest BCUT2D eigenvalue weighted by Crippen LogP contribution is -1.77. The van der Waals surface area contributed by atoms with Crippen molar-refractivity contribution in [2.45, 2.75) is 0 Å². The number of hydrogen-bond acceptors (Lipinski definition) is 2. The lowest BCUT2D eigenvalue weighted by atomic mass is 10.4. The van der Waals surface area contributed by atoms with Gasteiger partial charge in [-0.15, -0.1) is 0 Å². The first-order valence-corrected chi connectivity index (χ1v) is 4.72. The van der Waals surface area contributed by atoms with Crippen LogP contribution < -0.4 is 0 Å². The molecule has 0 saturated heterocycles. The third-order valence-corrected chi connectivity index (χ3v) is 1.85. The SMILES string of the molecule is Clc1ccc(Cl)cc1.O=C(Cl)C=S. The molecule has 0 unspecified atom stereocenters. The molecule has 0 N–H and O–H groups in total. The number of rotatable bonds is 1. The topological polar surface area (TPSA) is 17.1 Å². The predicted octanol–water partition coefficient (Wildman–Crippen LogP) is 3.74. The van der Waals surface area contributed by atoms with Crippen LogP contribution in [0.2, 0.25) is 10.0 Å². The van der Waals surface area contributed by atoms with E-state index in [1.165, 1.54) is 0 Å². The summed E-state index contributed by atoms with van der Waals surface area (Å²) < 4.78 is 0. The summed E-state index contributed by atoms with van der Waals surface area (Å²) >= 11 is 19.8. The van der Waals surface area contributed by atoms with Crippen molar-refractivity contribution in [1.82, 2.24) is 0 Å². The molecule has 1 aromatic carbocycles. The molecule has 0 heterocycles. The second-order valence-corrected chi connectivity index (χ2v) is 3.34. The zero-order valence-corrected chi connectivity index (χ0v) is 9.42. The van der Waals surface area contributed by atoms with E-state index >= 15 is 0 Å². The van der Waals surface area contributed by atoms with Gasteiger partial charge in [0.1, 0.15) is 0 Å². The molecule has 1 nitrogen and oxygen atoms in total. The van der Waals surface area contributed by atoms with Crippen LogP contribution in [0.15, 0.2) is 24.3 Å². The van der Waals surface area contributed by atoms with E-state index in [2.05, 4.69) is 23.8 Å². The molecule has 70 valence electrons. The monoisotopic (exact) mass is 254 g/mol. The van der Waals surface area contributed by atoms with Crippen molar-refractivity contribution in [3.63, 3.8) is 0 Å². The molecule has 0 spiro atoms. The summed E-state index contributed by atoms with van der Waals surface area (Å²) in [5, 5.41) is 1.73. The highest BCUT2D eigenvalue weighted by Gasteiger charge is 1.83. The molecule has 13 heavy (non-hydrogen) atoms. The standard InChI is InChI=1S/C6H4Cl2.C2HClOS/c7-5-1-2-6(8)4-3-5;3-2(4)1-5/h1-4H;1H. The van der Waals surface area contributed by atoms with Crippen LogP contribution in [0.25, 0.3) is 0 Å². The fourth-order valence-corrected chi connectivity index (χ4v) is 0.682. The maximum absolute atomic E-state index is 9.42. The van der Waals surface area contributed by atoms with E-state index in [9.17, 15) is 4.79 Å². The fraction of sp³-hybridized carbons (Fsp3) is 0. The van der Waals surface area contributed by atoms with Gasteiger partial charge in [-0.1, -0.05) is 35.4 Å². The average molecular weight is 256 g/mol. The normalized spacial score (nSPS) is 8.23. The van der Waals surface area contributed by atoms with Gasteiger partial charge in [0.2, 0.25) is 0 Å². The molecule has 0 aliphatic rings. The Hall–Kier alpha value is -0.150. The number of benzene rings is 1. The van der Waals surface area contributed by atoms with E-state index in [-0.39, 0.29) is 0 Å². The molecular weight excluding hydrogens is 251 g/mol. The minimum atomic E-state index is -0.583. The summed E-state index contributed by atoms with van der Waals surface area (Å²) in [6, 6.07) is 7.02. The van der Waals surface area contributed by atoms with E-state index in [1.54, 1.807) is 24.3 Å². The highest BCUT2D eigenvalue weighted by molar-refractivity contribution is 7.80. The summed E-state index contributed by atoms with van der Waals surface area (Å²) in [7, 11) is 0.